The number of furan rings is 1. The zero-order valence-corrected chi connectivity index (χ0v) is 20.6. The molecule has 0 atom stereocenters. The average Bonchev–Trinajstić information content (AvgIpc) is 3.24. The predicted molar refractivity (Wildman–Crippen MR) is 137 cm³/mol. The van der Waals surface area contributed by atoms with Gasteiger partial charge in [-0.2, -0.15) is 0 Å². The fraction of sp³-hybridized carbons (Fsp3) is 0.185. The number of nitrogens with one attached hydrogen (secondary N) is 1. The number of hydrogen-bond acceptors (Lipinski definition) is 4. The Kier molecular flexibility index (Phi) is 7.25. The molecule has 174 valence electrons. The lowest BCUT2D eigenvalue weighted by atomic mass is 9.96. The summed E-state index contributed by atoms with van der Waals surface area (Å²) in [7, 11) is 0. The summed E-state index contributed by atoms with van der Waals surface area (Å²) in [5.74, 6) is 0.497. The van der Waals surface area contributed by atoms with Crippen molar-refractivity contribution in [3.63, 3.8) is 0 Å². The molecule has 1 amide bonds. The monoisotopic (exact) mass is 494 g/mol. The molecule has 5 nitrogen and oxygen atoms in total. The van der Waals surface area contributed by atoms with Crippen LogP contribution in [0.25, 0.3) is 27.7 Å². The van der Waals surface area contributed by atoms with Crippen LogP contribution in [0.15, 0.2) is 65.5 Å². The Hall–Kier alpha value is -3.28. The second kappa shape index (κ2) is 10.3. The molecule has 0 spiro atoms. The molecular formula is C27H24Cl2N2O3. The van der Waals surface area contributed by atoms with E-state index in [0.717, 1.165) is 38.8 Å². The Labute approximate surface area is 208 Å². The molecule has 2 aromatic carbocycles. The van der Waals surface area contributed by atoms with Crippen LogP contribution in [0.2, 0.25) is 10.0 Å². The Morgan fingerprint density at radius 1 is 1.15 bits per heavy atom. The van der Waals surface area contributed by atoms with E-state index < -0.39 is 0 Å². The first kappa shape index (κ1) is 23.9. The number of ether oxygens (including phenoxy) is 1. The number of carbonyl (C=O) groups excluding carboxylic acids is 1. The maximum Gasteiger partial charge on any atom is 0.244 e. The van der Waals surface area contributed by atoms with E-state index in [1.54, 1.807) is 36.9 Å². The number of pyridine rings is 1. The summed E-state index contributed by atoms with van der Waals surface area (Å²) in [6.07, 6.45) is 6.67. The number of aromatic nitrogens is 1. The van der Waals surface area contributed by atoms with Gasteiger partial charge in [-0.1, -0.05) is 29.3 Å². The van der Waals surface area contributed by atoms with Crippen molar-refractivity contribution in [2.45, 2.75) is 27.3 Å². The van der Waals surface area contributed by atoms with Gasteiger partial charge in [0.25, 0.3) is 0 Å². The summed E-state index contributed by atoms with van der Waals surface area (Å²) >= 11 is 12.6. The van der Waals surface area contributed by atoms with Crippen molar-refractivity contribution in [1.29, 1.82) is 0 Å². The lowest BCUT2D eigenvalue weighted by Crippen LogP contribution is -2.20. The molecule has 1 N–H and O–H groups in total. The van der Waals surface area contributed by atoms with E-state index in [1.165, 1.54) is 0 Å². The fourth-order valence-corrected chi connectivity index (χ4v) is 4.38. The number of nitrogens with zero attached hydrogens (tertiary/aromatic N) is 1. The summed E-state index contributed by atoms with van der Waals surface area (Å²) in [4.78, 5) is 16.6. The first-order chi connectivity index (χ1) is 16.4. The molecule has 4 rings (SSSR count). The highest BCUT2D eigenvalue weighted by atomic mass is 35.5. The van der Waals surface area contributed by atoms with Crippen LogP contribution in [0.4, 0.5) is 0 Å². The van der Waals surface area contributed by atoms with E-state index in [2.05, 4.69) is 10.3 Å². The Balaban J connectivity index is 1.74. The number of halogens is 2. The highest BCUT2D eigenvalue weighted by Gasteiger charge is 2.20. The van der Waals surface area contributed by atoms with E-state index in [4.69, 9.17) is 32.4 Å². The number of aryl methyl sites for hydroxylation is 1. The van der Waals surface area contributed by atoms with Gasteiger partial charge in [0.2, 0.25) is 5.91 Å². The molecule has 2 heterocycles. The van der Waals surface area contributed by atoms with Gasteiger partial charge in [0.1, 0.15) is 11.3 Å². The number of allylic oxidation sites excluding steroid dienone is 1. The zero-order valence-electron chi connectivity index (χ0n) is 19.1. The van der Waals surface area contributed by atoms with Gasteiger partial charge in [0.15, 0.2) is 0 Å². The van der Waals surface area contributed by atoms with Crippen LogP contribution in [0.5, 0.6) is 5.75 Å². The molecular weight excluding hydrogens is 471 g/mol. The summed E-state index contributed by atoms with van der Waals surface area (Å²) in [5, 5.41) is 4.89. The maximum atomic E-state index is 12.6. The van der Waals surface area contributed by atoms with E-state index in [0.29, 0.717) is 34.5 Å². The first-order valence-corrected chi connectivity index (χ1v) is 11.6. The molecule has 0 saturated carbocycles. The Bertz CT molecular complexity index is 1380. The third kappa shape index (κ3) is 4.96. The molecule has 0 radical (unpaired) electrons. The first-order valence-electron chi connectivity index (χ1n) is 10.9. The minimum absolute atomic E-state index is 0.192. The molecule has 0 unspecified atom stereocenters. The highest BCUT2D eigenvalue weighted by Crippen LogP contribution is 2.42. The number of carbonyl (C=O) groups is 1. The second-order valence-corrected chi connectivity index (χ2v) is 8.71. The van der Waals surface area contributed by atoms with Gasteiger partial charge in [0.05, 0.1) is 17.9 Å². The molecule has 0 aliphatic heterocycles. The number of hydrogen-bond donors (Lipinski definition) is 1. The maximum absolute atomic E-state index is 12.6. The van der Waals surface area contributed by atoms with Crippen molar-refractivity contribution in [1.82, 2.24) is 10.3 Å². The van der Waals surface area contributed by atoms with E-state index in [-0.39, 0.29) is 5.91 Å². The third-order valence-corrected chi connectivity index (χ3v) is 6.09. The van der Waals surface area contributed by atoms with Crippen molar-refractivity contribution >= 4 is 45.7 Å². The second-order valence-electron chi connectivity index (χ2n) is 7.86. The normalized spacial score (nSPS) is 11.6. The number of rotatable bonds is 7. The standard InChI is InChI=1S/C27H24Cl2N2O3/c1-4-33-26-17(3)27-22(23(15-34-27)20-6-5-19(28)12-24(20)29)13-21(26)16(2)11-25(32)31-14-18-7-9-30-10-8-18/h5-13,15H,4,14H2,1-3H3,(H,31,32)/b16-11+. The van der Waals surface area contributed by atoms with Crippen LogP contribution in [0.3, 0.4) is 0 Å². The summed E-state index contributed by atoms with van der Waals surface area (Å²) in [6, 6.07) is 11.1. The molecule has 0 bridgehead atoms. The molecule has 0 saturated heterocycles. The number of benzene rings is 2. The van der Waals surface area contributed by atoms with Crippen LogP contribution in [-0.4, -0.2) is 17.5 Å². The quantitative estimate of drug-likeness (QED) is 0.275. The van der Waals surface area contributed by atoms with Crippen LogP contribution < -0.4 is 10.1 Å². The smallest absolute Gasteiger partial charge is 0.244 e. The van der Waals surface area contributed by atoms with Crippen molar-refractivity contribution in [3.8, 4) is 16.9 Å². The van der Waals surface area contributed by atoms with Crippen LogP contribution in [0, 0.1) is 6.92 Å². The Morgan fingerprint density at radius 2 is 1.91 bits per heavy atom. The van der Waals surface area contributed by atoms with Gasteiger partial charge in [0, 0.05) is 57.7 Å². The lowest BCUT2D eigenvalue weighted by molar-refractivity contribution is -0.116. The molecule has 4 aromatic rings. The van der Waals surface area contributed by atoms with E-state index in [9.17, 15) is 4.79 Å². The zero-order chi connectivity index (χ0) is 24.2. The number of amides is 1. The van der Waals surface area contributed by atoms with Gasteiger partial charge < -0.3 is 14.5 Å². The average molecular weight is 495 g/mol. The number of fused-ring (bicyclic) bond motifs is 1. The molecule has 34 heavy (non-hydrogen) atoms. The van der Waals surface area contributed by atoms with E-state index in [1.807, 2.05) is 45.0 Å². The van der Waals surface area contributed by atoms with Crippen molar-refractivity contribution in [3.05, 3.63) is 87.9 Å². The van der Waals surface area contributed by atoms with Crippen LogP contribution in [0.1, 0.15) is 30.5 Å². The summed E-state index contributed by atoms with van der Waals surface area (Å²) in [6.45, 7) is 6.67. The SMILES string of the molecule is CCOc1c(/C(C)=C/C(=O)NCc2ccncc2)cc2c(-c3ccc(Cl)cc3Cl)coc2c1C. The van der Waals surface area contributed by atoms with Crippen molar-refractivity contribution in [2.75, 3.05) is 6.61 Å². The van der Waals surface area contributed by atoms with Crippen LogP contribution >= 0.6 is 23.2 Å². The van der Waals surface area contributed by atoms with Gasteiger partial charge in [-0.05, 0) is 62.2 Å². The summed E-state index contributed by atoms with van der Waals surface area (Å²) < 4.78 is 11.9. The van der Waals surface area contributed by atoms with Gasteiger partial charge >= 0.3 is 0 Å². The molecule has 7 heteroatoms. The minimum atomic E-state index is -0.192. The molecule has 2 aromatic heterocycles. The summed E-state index contributed by atoms with van der Waals surface area (Å²) in [5.41, 5.74) is 5.80. The highest BCUT2D eigenvalue weighted by molar-refractivity contribution is 6.36. The fourth-order valence-electron chi connectivity index (χ4n) is 3.87. The molecule has 0 fully saturated rings. The predicted octanol–water partition coefficient (Wildman–Crippen LogP) is 7.23. The van der Waals surface area contributed by atoms with Crippen LogP contribution in [-0.2, 0) is 11.3 Å². The molecule has 0 aliphatic rings. The largest absolute Gasteiger partial charge is 0.493 e. The van der Waals surface area contributed by atoms with E-state index >= 15 is 0 Å². The lowest BCUT2D eigenvalue weighted by Gasteiger charge is -2.15. The van der Waals surface area contributed by atoms with Gasteiger partial charge in [-0.25, -0.2) is 0 Å². The minimum Gasteiger partial charge on any atom is -0.493 e. The third-order valence-electron chi connectivity index (χ3n) is 5.54. The van der Waals surface area contributed by atoms with Gasteiger partial charge in [-0.3, -0.25) is 9.78 Å². The van der Waals surface area contributed by atoms with Crippen molar-refractivity contribution in [2.24, 2.45) is 0 Å². The topological polar surface area (TPSA) is 64.4 Å². The Morgan fingerprint density at radius 3 is 2.62 bits per heavy atom. The molecule has 0 aliphatic carbocycles. The van der Waals surface area contributed by atoms with Crippen molar-refractivity contribution < 1.29 is 13.9 Å². The van der Waals surface area contributed by atoms with Gasteiger partial charge in [-0.15, -0.1) is 0 Å².